The van der Waals surface area contributed by atoms with Gasteiger partial charge >= 0.3 is 0 Å². The minimum atomic E-state index is -1.08. The second-order valence-electron chi connectivity index (χ2n) is 8.85. The summed E-state index contributed by atoms with van der Waals surface area (Å²) < 4.78 is 7.10. The first-order valence-corrected chi connectivity index (χ1v) is 11.5. The van der Waals surface area contributed by atoms with Crippen molar-refractivity contribution >= 4 is 17.5 Å². The number of benzene rings is 2. The summed E-state index contributed by atoms with van der Waals surface area (Å²) >= 11 is 0. The van der Waals surface area contributed by atoms with Crippen LogP contribution in [-0.2, 0) is 16.1 Å². The van der Waals surface area contributed by atoms with Crippen molar-refractivity contribution in [1.82, 2.24) is 14.5 Å². The van der Waals surface area contributed by atoms with Crippen molar-refractivity contribution in [3.63, 3.8) is 0 Å². The highest BCUT2D eigenvalue weighted by Crippen LogP contribution is 2.39. The van der Waals surface area contributed by atoms with Crippen LogP contribution in [0.25, 0.3) is 0 Å². The van der Waals surface area contributed by atoms with Crippen LogP contribution in [0.5, 0.6) is 5.75 Å². The molecule has 3 aromatic rings. The molecule has 0 spiro atoms. The molecule has 1 amide bonds. The van der Waals surface area contributed by atoms with Crippen molar-refractivity contribution in [1.29, 1.82) is 0 Å². The Morgan fingerprint density at radius 3 is 2.32 bits per heavy atom. The maximum atomic E-state index is 13.5. The van der Waals surface area contributed by atoms with Crippen molar-refractivity contribution in [3.8, 4) is 5.75 Å². The van der Waals surface area contributed by atoms with E-state index >= 15 is 0 Å². The smallest absolute Gasteiger partial charge is 0.291 e. The summed E-state index contributed by atoms with van der Waals surface area (Å²) in [6.45, 7) is 5.24. The van der Waals surface area contributed by atoms with Gasteiger partial charge in [-0.25, -0.2) is 4.98 Å². The van der Waals surface area contributed by atoms with Gasteiger partial charge in [-0.2, -0.15) is 0 Å². The lowest BCUT2D eigenvalue weighted by atomic mass is 9.85. The third-order valence-electron chi connectivity index (χ3n) is 6.38. The van der Waals surface area contributed by atoms with Crippen LogP contribution in [-0.4, -0.2) is 45.6 Å². The molecule has 1 fully saturated rings. The minimum Gasteiger partial charge on any atom is -0.497 e. The number of aryl methyl sites for hydroxylation is 1. The zero-order valence-corrected chi connectivity index (χ0v) is 19.7. The van der Waals surface area contributed by atoms with Crippen molar-refractivity contribution in [3.05, 3.63) is 83.9 Å². The lowest BCUT2D eigenvalue weighted by molar-refractivity contribution is -0.140. The first-order chi connectivity index (χ1) is 16.4. The van der Waals surface area contributed by atoms with E-state index in [9.17, 15) is 14.4 Å². The maximum absolute atomic E-state index is 13.5. The number of ether oxygens (including phenoxy) is 1. The number of amides is 1. The number of carbonyl (C=O) groups excluding carboxylic acids is 3. The number of likely N-dealkylation sites (tertiary alicyclic amines) is 1. The molecule has 2 atom stereocenters. The zero-order chi connectivity index (χ0) is 24.2. The van der Waals surface area contributed by atoms with Gasteiger partial charge in [-0.1, -0.05) is 38.1 Å². The normalized spacial score (nSPS) is 18.1. The van der Waals surface area contributed by atoms with E-state index in [2.05, 4.69) is 18.8 Å². The number of imidazole rings is 1. The van der Waals surface area contributed by atoms with Crippen LogP contribution in [0.1, 0.15) is 53.7 Å². The molecule has 0 saturated carbocycles. The molecule has 1 aromatic heterocycles. The summed E-state index contributed by atoms with van der Waals surface area (Å²) in [6.07, 6.45) is 5.91. The lowest BCUT2D eigenvalue weighted by Gasteiger charge is -2.27. The van der Waals surface area contributed by atoms with Crippen LogP contribution in [0.3, 0.4) is 0 Å². The number of rotatable bonds is 9. The van der Waals surface area contributed by atoms with Gasteiger partial charge in [-0.15, -0.1) is 0 Å². The third-order valence-corrected chi connectivity index (χ3v) is 6.38. The highest BCUT2D eigenvalue weighted by Gasteiger charge is 2.51. The molecule has 1 aliphatic rings. The predicted octanol–water partition coefficient (Wildman–Crippen LogP) is 4.06. The molecule has 2 heterocycles. The van der Waals surface area contributed by atoms with Crippen LogP contribution in [0, 0.1) is 5.92 Å². The van der Waals surface area contributed by atoms with Gasteiger partial charge in [-0.05, 0) is 47.7 Å². The summed E-state index contributed by atoms with van der Waals surface area (Å²) in [6, 6.07) is 13.9. The number of ketones is 2. The van der Waals surface area contributed by atoms with E-state index in [-0.39, 0.29) is 5.78 Å². The van der Waals surface area contributed by atoms with E-state index in [1.54, 1.807) is 48.8 Å². The predicted molar refractivity (Wildman–Crippen MR) is 128 cm³/mol. The summed E-state index contributed by atoms with van der Waals surface area (Å²) in [5.41, 5.74) is 2.33. The Kier molecular flexibility index (Phi) is 6.91. The molecular weight excluding hydrogens is 430 g/mol. The second kappa shape index (κ2) is 10.0. The molecule has 0 radical (unpaired) electrons. The second-order valence-corrected chi connectivity index (χ2v) is 8.85. The zero-order valence-electron chi connectivity index (χ0n) is 19.7. The Labute approximate surface area is 199 Å². The number of hydrogen-bond acceptors (Lipinski definition) is 5. The fraction of sp³-hybridized carbons (Fsp3) is 0.333. The van der Waals surface area contributed by atoms with E-state index in [4.69, 9.17) is 4.74 Å². The average molecular weight is 460 g/mol. The molecule has 7 heteroatoms. The highest BCUT2D eigenvalue weighted by atomic mass is 16.5. The number of methoxy groups -OCH3 is 1. The largest absolute Gasteiger partial charge is 0.497 e. The van der Waals surface area contributed by atoms with Crippen molar-refractivity contribution in [2.24, 2.45) is 5.92 Å². The summed E-state index contributed by atoms with van der Waals surface area (Å²) in [4.78, 5) is 45.4. The topological polar surface area (TPSA) is 81.5 Å². The number of carbonyl (C=O) groups is 3. The Bertz CT molecular complexity index is 1150. The monoisotopic (exact) mass is 459 g/mol. The fourth-order valence-corrected chi connectivity index (χ4v) is 4.46. The van der Waals surface area contributed by atoms with Crippen molar-refractivity contribution < 1.29 is 19.1 Å². The minimum absolute atomic E-state index is 0.351. The molecular formula is C27H29N3O4. The molecule has 0 bridgehead atoms. The Balaban J connectivity index is 1.66. The number of nitrogens with zero attached hydrogens (tertiary/aromatic N) is 3. The summed E-state index contributed by atoms with van der Waals surface area (Å²) in [5, 5.41) is 0. The Morgan fingerprint density at radius 1 is 1.03 bits per heavy atom. The van der Waals surface area contributed by atoms with E-state index in [1.807, 2.05) is 35.0 Å². The van der Waals surface area contributed by atoms with E-state index < -0.39 is 23.7 Å². The highest BCUT2D eigenvalue weighted by molar-refractivity contribution is 6.44. The van der Waals surface area contributed by atoms with Gasteiger partial charge < -0.3 is 14.2 Å². The molecule has 1 aliphatic heterocycles. The maximum Gasteiger partial charge on any atom is 0.291 e. The van der Waals surface area contributed by atoms with Gasteiger partial charge in [0.25, 0.3) is 5.91 Å². The number of hydrogen-bond donors (Lipinski definition) is 0. The van der Waals surface area contributed by atoms with Gasteiger partial charge in [-0.3, -0.25) is 14.4 Å². The van der Waals surface area contributed by atoms with Crippen LogP contribution >= 0.6 is 0 Å². The van der Waals surface area contributed by atoms with Crippen LogP contribution in [0.2, 0.25) is 0 Å². The SMILES string of the molecule is COc1ccc(C(=O)C2C(=O)C(=O)N(CCCn3ccnc3)C2c2ccc(C(C)C)cc2)cc1. The van der Waals surface area contributed by atoms with Crippen LogP contribution in [0.15, 0.2) is 67.3 Å². The first kappa shape index (κ1) is 23.4. The lowest BCUT2D eigenvalue weighted by Crippen LogP contribution is -2.32. The van der Waals surface area contributed by atoms with Crippen molar-refractivity contribution in [2.75, 3.05) is 13.7 Å². The molecule has 4 rings (SSSR count). The Morgan fingerprint density at radius 2 is 1.74 bits per heavy atom. The van der Waals surface area contributed by atoms with Gasteiger partial charge in [0, 0.05) is 31.0 Å². The van der Waals surface area contributed by atoms with E-state index in [0.29, 0.717) is 36.7 Å². The standard InChI is InChI=1S/C27H29N3O4/c1-18(2)19-5-7-20(8-6-19)24-23(25(31)21-9-11-22(34-3)12-10-21)26(32)27(33)30(24)15-4-14-29-16-13-28-17-29/h5-13,16-18,23-24H,4,14-15H2,1-3H3. The third kappa shape index (κ3) is 4.64. The van der Waals surface area contributed by atoms with Gasteiger partial charge in [0.05, 0.1) is 19.5 Å². The summed E-state index contributed by atoms with van der Waals surface area (Å²) in [7, 11) is 1.55. The molecule has 176 valence electrons. The van der Waals surface area contributed by atoms with Gasteiger partial charge in [0.1, 0.15) is 11.7 Å². The van der Waals surface area contributed by atoms with Crippen LogP contribution in [0.4, 0.5) is 0 Å². The Hall–Kier alpha value is -3.74. The van der Waals surface area contributed by atoms with E-state index in [0.717, 1.165) is 11.1 Å². The molecule has 0 aliphatic carbocycles. The molecule has 34 heavy (non-hydrogen) atoms. The fourth-order valence-electron chi connectivity index (χ4n) is 4.46. The number of aromatic nitrogens is 2. The van der Waals surface area contributed by atoms with Crippen molar-refractivity contribution in [2.45, 2.75) is 38.8 Å². The molecule has 2 unspecified atom stereocenters. The quantitative estimate of drug-likeness (QED) is 0.274. The molecule has 2 aromatic carbocycles. The molecule has 1 saturated heterocycles. The first-order valence-electron chi connectivity index (χ1n) is 11.5. The average Bonchev–Trinajstić information content (AvgIpc) is 3.46. The molecule has 0 N–H and O–H groups in total. The van der Waals surface area contributed by atoms with Gasteiger partial charge in [0.2, 0.25) is 5.78 Å². The van der Waals surface area contributed by atoms with E-state index in [1.165, 1.54) is 0 Å². The van der Waals surface area contributed by atoms with Crippen LogP contribution < -0.4 is 4.74 Å². The number of Topliss-reactive ketones (excluding diaryl/α,β-unsaturated/α-hetero) is 2. The molecule has 7 nitrogen and oxygen atoms in total. The summed E-state index contributed by atoms with van der Waals surface area (Å²) in [5.74, 6) is -1.72. The van der Waals surface area contributed by atoms with Gasteiger partial charge in [0.15, 0.2) is 5.78 Å².